The van der Waals surface area contributed by atoms with Crippen molar-refractivity contribution in [3.8, 4) is 0 Å². The topological polar surface area (TPSA) is 55.1 Å². The zero-order chi connectivity index (χ0) is 14.6. The van der Waals surface area contributed by atoms with E-state index < -0.39 is 0 Å². The van der Waals surface area contributed by atoms with Crippen LogP contribution in [0.1, 0.15) is 84.0 Å². The lowest BCUT2D eigenvalue weighted by Gasteiger charge is -2.28. The summed E-state index contributed by atoms with van der Waals surface area (Å²) in [5, 5.41) is 3.08. The SMILES string of the molecule is CCCCCCCCCC(=O)NCC1CCCCC1N. The van der Waals surface area contributed by atoms with Gasteiger partial charge in [0.15, 0.2) is 0 Å². The van der Waals surface area contributed by atoms with Gasteiger partial charge in [-0.15, -0.1) is 0 Å². The molecule has 0 radical (unpaired) electrons. The van der Waals surface area contributed by atoms with Gasteiger partial charge in [0.05, 0.1) is 0 Å². The van der Waals surface area contributed by atoms with Crippen molar-refractivity contribution in [2.24, 2.45) is 11.7 Å². The summed E-state index contributed by atoms with van der Waals surface area (Å²) in [6, 6.07) is 0.294. The van der Waals surface area contributed by atoms with Crippen molar-refractivity contribution in [2.45, 2.75) is 90.0 Å². The first kappa shape index (κ1) is 17.5. The molecule has 0 aromatic carbocycles. The molecule has 1 fully saturated rings. The highest BCUT2D eigenvalue weighted by Crippen LogP contribution is 2.22. The largest absolute Gasteiger partial charge is 0.356 e. The molecule has 3 nitrogen and oxygen atoms in total. The molecule has 0 aromatic heterocycles. The average molecular weight is 282 g/mol. The van der Waals surface area contributed by atoms with Gasteiger partial charge < -0.3 is 11.1 Å². The second-order valence-corrected chi connectivity index (χ2v) is 6.38. The van der Waals surface area contributed by atoms with Crippen LogP contribution in [0.25, 0.3) is 0 Å². The summed E-state index contributed by atoms with van der Waals surface area (Å²) in [7, 11) is 0. The van der Waals surface area contributed by atoms with Crippen LogP contribution in [-0.4, -0.2) is 18.5 Å². The molecule has 1 rings (SSSR count). The number of hydrogen-bond acceptors (Lipinski definition) is 2. The smallest absolute Gasteiger partial charge is 0.220 e. The van der Waals surface area contributed by atoms with Gasteiger partial charge in [0.25, 0.3) is 0 Å². The monoisotopic (exact) mass is 282 g/mol. The van der Waals surface area contributed by atoms with Crippen molar-refractivity contribution >= 4 is 5.91 Å². The molecule has 3 heteroatoms. The third-order valence-corrected chi connectivity index (χ3v) is 4.54. The van der Waals surface area contributed by atoms with E-state index in [0.29, 0.717) is 18.4 Å². The lowest BCUT2D eigenvalue weighted by molar-refractivity contribution is -0.121. The molecule has 2 unspecified atom stereocenters. The molecule has 2 atom stereocenters. The zero-order valence-electron chi connectivity index (χ0n) is 13.3. The van der Waals surface area contributed by atoms with Crippen LogP contribution in [-0.2, 0) is 4.79 Å². The van der Waals surface area contributed by atoms with Gasteiger partial charge in [-0.05, 0) is 25.2 Å². The van der Waals surface area contributed by atoms with Gasteiger partial charge >= 0.3 is 0 Å². The fourth-order valence-electron chi connectivity index (χ4n) is 3.07. The first-order valence-corrected chi connectivity index (χ1v) is 8.76. The van der Waals surface area contributed by atoms with Gasteiger partial charge in [-0.3, -0.25) is 4.79 Å². The predicted molar refractivity (Wildman–Crippen MR) is 85.6 cm³/mol. The number of nitrogens with two attached hydrogens (primary N) is 1. The first-order chi connectivity index (χ1) is 9.74. The van der Waals surface area contributed by atoms with Gasteiger partial charge in [0.2, 0.25) is 5.91 Å². The minimum atomic E-state index is 0.219. The fraction of sp³-hybridized carbons (Fsp3) is 0.941. The molecule has 0 heterocycles. The van der Waals surface area contributed by atoms with E-state index in [1.165, 1.54) is 57.8 Å². The Kier molecular flexibility index (Phi) is 9.73. The van der Waals surface area contributed by atoms with Crippen LogP contribution < -0.4 is 11.1 Å². The van der Waals surface area contributed by atoms with Crippen LogP contribution in [0.5, 0.6) is 0 Å². The van der Waals surface area contributed by atoms with E-state index in [-0.39, 0.29) is 5.91 Å². The Morgan fingerprint density at radius 1 is 1.05 bits per heavy atom. The summed E-state index contributed by atoms with van der Waals surface area (Å²) in [6.07, 6.45) is 14.3. The summed E-state index contributed by atoms with van der Waals surface area (Å²) in [6.45, 7) is 3.03. The molecule has 3 N–H and O–H groups in total. The van der Waals surface area contributed by atoms with Crippen molar-refractivity contribution in [3.05, 3.63) is 0 Å². The average Bonchev–Trinajstić information content (AvgIpc) is 2.45. The highest BCUT2D eigenvalue weighted by Gasteiger charge is 2.21. The number of unbranched alkanes of at least 4 members (excludes halogenated alkanes) is 6. The van der Waals surface area contributed by atoms with Gasteiger partial charge in [0, 0.05) is 19.0 Å². The van der Waals surface area contributed by atoms with E-state index in [0.717, 1.165) is 19.4 Å². The molecule has 0 spiro atoms. The number of rotatable bonds is 10. The van der Waals surface area contributed by atoms with E-state index >= 15 is 0 Å². The molecule has 1 aliphatic rings. The number of carbonyl (C=O) groups excluding carboxylic acids is 1. The summed E-state index contributed by atoms with van der Waals surface area (Å²) in [4.78, 5) is 11.8. The fourth-order valence-corrected chi connectivity index (χ4v) is 3.07. The van der Waals surface area contributed by atoms with Crippen LogP contribution in [0.3, 0.4) is 0 Å². The summed E-state index contributed by atoms with van der Waals surface area (Å²) in [5.74, 6) is 0.720. The maximum absolute atomic E-state index is 11.8. The number of hydrogen-bond donors (Lipinski definition) is 2. The number of carbonyl (C=O) groups is 1. The Labute approximate surface area is 125 Å². The number of amides is 1. The van der Waals surface area contributed by atoms with E-state index in [1.54, 1.807) is 0 Å². The van der Waals surface area contributed by atoms with Gasteiger partial charge in [-0.2, -0.15) is 0 Å². The lowest BCUT2D eigenvalue weighted by Crippen LogP contribution is -2.41. The highest BCUT2D eigenvalue weighted by atomic mass is 16.1. The molecule has 118 valence electrons. The second-order valence-electron chi connectivity index (χ2n) is 6.38. The summed E-state index contributed by atoms with van der Waals surface area (Å²) < 4.78 is 0. The van der Waals surface area contributed by atoms with Crippen LogP contribution in [0.15, 0.2) is 0 Å². The van der Waals surface area contributed by atoms with E-state index in [4.69, 9.17) is 5.73 Å². The van der Waals surface area contributed by atoms with Crippen LogP contribution in [0.4, 0.5) is 0 Å². The highest BCUT2D eigenvalue weighted by molar-refractivity contribution is 5.75. The maximum Gasteiger partial charge on any atom is 0.220 e. The normalized spacial score (nSPS) is 22.7. The molecular formula is C17H34N2O. The third-order valence-electron chi connectivity index (χ3n) is 4.54. The van der Waals surface area contributed by atoms with E-state index in [1.807, 2.05) is 0 Å². The molecule has 1 aliphatic carbocycles. The maximum atomic E-state index is 11.8. The summed E-state index contributed by atoms with van der Waals surface area (Å²) >= 11 is 0. The Morgan fingerprint density at radius 2 is 1.70 bits per heavy atom. The van der Waals surface area contributed by atoms with Gasteiger partial charge in [-0.1, -0.05) is 58.3 Å². The second kappa shape index (κ2) is 11.1. The Bertz CT molecular complexity index is 255. The van der Waals surface area contributed by atoms with Crippen LogP contribution in [0, 0.1) is 5.92 Å². The van der Waals surface area contributed by atoms with Gasteiger partial charge in [-0.25, -0.2) is 0 Å². The Balaban J connectivity index is 1.94. The van der Waals surface area contributed by atoms with Crippen molar-refractivity contribution < 1.29 is 4.79 Å². The molecule has 0 aliphatic heterocycles. The van der Waals surface area contributed by atoms with Crippen LogP contribution >= 0.6 is 0 Å². The summed E-state index contributed by atoms with van der Waals surface area (Å²) in [5.41, 5.74) is 6.09. The molecule has 1 saturated carbocycles. The first-order valence-electron chi connectivity index (χ1n) is 8.76. The number of nitrogens with one attached hydrogen (secondary N) is 1. The standard InChI is InChI=1S/C17H34N2O/c1-2-3-4-5-6-7-8-13-17(20)19-14-15-11-9-10-12-16(15)18/h15-16H,2-14,18H2,1H3,(H,19,20). The molecule has 0 bridgehead atoms. The third kappa shape index (κ3) is 7.88. The van der Waals surface area contributed by atoms with E-state index in [2.05, 4.69) is 12.2 Å². The van der Waals surface area contributed by atoms with E-state index in [9.17, 15) is 4.79 Å². The molecule has 1 amide bonds. The molecule has 20 heavy (non-hydrogen) atoms. The molecular weight excluding hydrogens is 248 g/mol. The lowest BCUT2D eigenvalue weighted by atomic mass is 9.85. The minimum absolute atomic E-state index is 0.219. The minimum Gasteiger partial charge on any atom is -0.356 e. The zero-order valence-corrected chi connectivity index (χ0v) is 13.3. The van der Waals surface area contributed by atoms with Crippen molar-refractivity contribution in [1.82, 2.24) is 5.32 Å². The quantitative estimate of drug-likeness (QED) is 0.599. The Hall–Kier alpha value is -0.570. The predicted octanol–water partition coefficient (Wildman–Crippen LogP) is 3.76. The van der Waals surface area contributed by atoms with Crippen LogP contribution in [0.2, 0.25) is 0 Å². The van der Waals surface area contributed by atoms with Crippen molar-refractivity contribution in [3.63, 3.8) is 0 Å². The Morgan fingerprint density at radius 3 is 2.40 bits per heavy atom. The van der Waals surface area contributed by atoms with Crippen molar-refractivity contribution in [2.75, 3.05) is 6.54 Å². The molecule has 0 saturated heterocycles. The molecule has 0 aromatic rings. The van der Waals surface area contributed by atoms with Crippen molar-refractivity contribution in [1.29, 1.82) is 0 Å². The van der Waals surface area contributed by atoms with Gasteiger partial charge in [0.1, 0.15) is 0 Å².